The first-order valence-corrected chi connectivity index (χ1v) is 10.6. The molecular weight excluding hydrogens is 400 g/mol. The van der Waals surface area contributed by atoms with E-state index in [9.17, 15) is 18.1 Å². The summed E-state index contributed by atoms with van der Waals surface area (Å²) in [5.74, 6) is -0.717. The fraction of sp³-hybridized carbons (Fsp3) is 0.533. The second-order valence-corrected chi connectivity index (χ2v) is 9.44. The van der Waals surface area contributed by atoms with Gasteiger partial charge in [-0.2, -0.15) is 4.72 Å². The van der Waals surface area contributed by atoms with E-state index >= 15 is 0 Å². The summed E-state index contributed by atoms with van der Waals surface area (Å²) in [6, 6.07) is 6.42. The topological polar surface area (TPSA) is 111 Å². The largest absolute Gasteiger partial charge is 0.461 e. The van der Waals surface area contributed by atoms with Crippen LogP contribution in [0.15, 0.2) is 33.7 Å². The number of carbonyl (C=O) groups excluding carboxylic acids is 1. The molecule has 2 atom stereocenters. The van der Waals surface area contributed by atoms with Crippen molar-refractivity contribution in [1.29, 1.82) is 0 Å². The Balaban J connectivity index is 1.88. The van der Waals surface area contributed by atoms with Crippen molar-refractivity contribution in [3.05, 3.63) is 34.7 Å². The molecule has 1 heterocycles. The van der Waals surface area contributed by atoms with Gasteiger partial charge in [0.15, 0.2) is 4.27 Å². The lowest BCUT2D eigenvalue weighted by Gasteiger charge is -2.33. The van der Waals surface area contributed by atoms with Crippen molar-refractivity contribution >= 4 is 40.6 Å². The average Bonchev–Trinajstić information content (AvgIpc) is 2.60. The van der Waals surface area contributed by atoms with E-state index in [2.05, 4.69) is 21.9 Å². The summed E-state index contributed by atoms with van der Waals surface area (Å²) in [6.45, 7) is 1.73. The zero-order valence-electron chi connectivity index (χ0n) is 14.1. The van der Waals surface area contributed by atoms with E-state index in [0.717, 1.165) is 12.0 Å². The molecule has 1 aromatic rings. The maximum absolute atomic E-state index is 12.2. The van der Waals surface area contributed by atoms with Crippen molar-refractivity contribution in [2.75, 3.05) is 13.2 Å². The summed E-state index contributed by atoms with van der Waals surface area (Å²) >= 11 is 4.83. The van der Waals surface area contributed by atoms with Gasteiger partial charge in [-0.3, -0.25) is 4.79 Å². The zero-order chi connectivity index (χ0) is 19.2. The van der Waals surface area contributed by atoms with Crippen LogP contribution in [-0.2, 0) is 30.7 Å². The summed E-state index contributed by atoms with van der Waals surface area (Å²) < 4.78 is 38.8. The van der Waals surface area contributed by atoms with Gasteiger partial charge in [0, 0.05) is 17.4 Å². The molecule has 0 bridgehead atoms. The van der Waals surface area contributed by atoms with Gasteiger partial charge in [0.2, 0.25) is 10.0 Å². The standard InChI is InChI=1S/C15H20N2O6S3/c1-2-11-3-5-13(6-4-11)26(20,21)16-10-14(18)23-12-7-8-22-15(24,9-12)25-17-19/h3-6,12,16,24H,2,7-10H2,1H3. The highest BCUT2D eigenvalue weighted by molar-refractivity contribution is 8.10. The van der Waals surface area contributed by atoms with E-state index < -0.39 is 32.9 Å². The summed E-state index contributed by atoms with van der Waals surface area (Å²) in [4.78, 5) is 22.4. The Bertz CT molecular complexity index is 740. The Hall–Kier alpha value is -1.14. The molecule has 11 heteroatoms. The number of benzene rings is 1. The smallest absolute Gasteiger partial charge is 0.321 e. The van der Waals surface area contributed by atoms with Crippen molar-refractivity contribution < 1.29 is 22.7 Å². The van der Waals surface area contributed by atoms with Crippen LogP contribution in [-0.4, -0.2) is 37.9 Å². The molecule has 0 spiro atoms. The molecule has 0 saturated carbocycles. The Morgan fingerprint density at radius 1 is 1.46 bits per heavy atom. The maximum atomic E-state index is 12.2. The van der Waals surface area contributed by atoms with Crippen LogP contribution >= 0.6 is 24.6 Å². The minimum absolute atomic E-state index is 0.0800. The predicted molar refractivity (Wildman–Crippen MR) is 101 cm³/mol. The molecule has 0 amide bonds. The lowest BCUT2D eigenvalue weighted by atomic mass is 10.1. The third kappa shape index (κ3) is 5.95. The van der Waals surface area contributed by atoms with Gasteiger partial charge in [0.1, 0.15) is 12.6 Å². The number of ether oxygens (including phenoxy) is 2. The fourth-order valence-electron chi connectivity index (χ4n) is 2.39. The van der Waals surface area contributed by atoms with E-state index in [4.69, 9.17) is 9.47 Å². The van der Waals surface area contributed by atoms with Crippen LogP contribution in [0.4, 0.5) is 0 Å². The molecule has 1 N–H and O–H groups in total. The summed E-state index contributed by atoms with van der Waals surface area (Å²) in [5.41, 5.74) is 1.01. The molecule has 1 aliphatic heterocycles. The van der Waals surface area contributed by atoms with Gasteiger partial charge in [0.05, 0.1) is 23.5 Å². The summed E-state index contributed by atoms with van der Waals surface area (Å²) in [7, 11) is -3.80. The average molecular weight is 421 g/mol. The normalized spacial score (nSPS) is 23.4. The van der Waals surface area contributed by atoms with Crippen LogP contribution in [0.3, 0.4) is 0 Å². The number of esters is 1. The van der Waals surface area contributed by atoms with Gasteiger partial charge < -0.3 is 9.47 Å². The minimum atomic E-state index is -3.80. The SMILES string of the molecule is CCc1ccc(S(=O)(=O)NCC(=O)OC2CCOC(S)(SN=O)C2)cc1. The quantitative estimate of drug-likeness (QED) is 0.218. The number of nitrogens with zero attached hydrogens (tertiary/aromatic N) is 1. The van der Waals surface area contributed by atoms with Gasteiger partial charge >= 0.3 is 5.97 Å². The highest BCUT2D eigenvalue weighted by atomic mass is 32.2. The van der Waals surface area contributed by atoms with Crippen molar-refractivity contribution in [2.24, 2.45) is 4.58 Å². The molecule has 144 valence electrons. The molecule has 1 aliphatic rings. The maximum Gasteiger partial charge on any atom is 0.321 e. The molecule has 26 heavy (non-hydrogen) atoms. The third-order valence-electron chi connectivity index (χ3n) is 3.78. The van der Waals surface area contributed by atoms with Gasteiger partial charge in [-0.05, 0) is 24.1 Å². The number of aryl methyl sites for hydroxylation is 1. The van der Waals surface area contributed by atoms with E-state index in [1.807, 2.05) is 6.92 Å². The molecule has 1 aromatic carbocycles. The van der Waals surface area contributed by atoms with Crippen molar-refractivity contribution in [3.63, 3.8) is 0 Å². The van der Waals surface area contributed by atoms with Gasteiger partial charge in [0.25, 0.3) is 0 Å². The second-order valence-electron chi connectivity index (χ2n) is 5.65. The van der Waals surface area contributed by atoms with E-state index in [0.29, 0.717) is 18.4 Å². The number of nitrogens with one attached hydrogen (secondary N) is 1. The fourth-order valence-corrected chi connectivity index (χ4v) is 4.27. The van der Waals surface area contributed by atoms with Crippen LogP contribution in [0.25, 0.3) is 0 Å². The molecule has 1 fully saturated rings. The number of carbonyl (C=O) groups is 1. The lowest BCUT2D eigenvalue weighted by molar-refractivity contribution is -0.153. The van der Waals surface area contributed by atoms with Crippen molar-refractivity contribution in [3.8, 4) is 0 Å². The minimum Gasteiger partial charge on any atom is -0.461 e. The predicted octanol–water partition coefficient (Wildman–Crippen LogP) is 2.25. The molecule has 2 unspecified atom stereocenters. The molecular formula is C15H20N2O6S3. The van der Waals surface area contributed by atoms with Crippen LogP contribution in [0.5, 0.6) is 0 Å². The lowest BCUT2D eigenvalue weighted by Crippen LogP contribution is -2.39. The summed E-state index contributed by atoms with van der Waals surface area (Å²) in [5, 5.41) is 0. The number of nitroso groups, excluding NO2 is 1. The molecule has 0 radical (unpaired) electrons. The third-order valence-corrected chi connectivity index (χ3v) is 6.40. The first-order valence-electron chi connectivity index (χ1n) is 7.93. The van der Waals surface area contributed by atoms with Crippen molar-refractivity contribution in [2.45, 2.75) is 41.5 Å². The molecule has 1 saturated heterocycles. The number of hydrogen-bond acceptors (Lipinski definition) is 9. The Morgan fingerprint density at radius 3 is 2.77 bits per heavy atom. The van der Waals surface area contributed by atoms with Crippen LogP contribution in [0.2, 0.25) is 0 Å². The van der Waals surface area contributed by atoms with E-state index in [-0.39, 0.29) is 17.9 Å². The number of sulfonamides is 1. The Kier molecular flexibility index (Phi) is 7.47. The number of rotatable bonds is 8. The van der Waals surface area contributed by atoms with Crippen LogP contribution in [0, 0.1) is 4.91 Å². The first-order chi connectivity index (χ1) is 12.3. The van der Waals surface area contributed by atoms with Gasteiger partial charge in [-0.25, -0.2) is 8.42 Å². The van der Waals surface area contributed by atoms with Crippen LogP contribution < -0.4 is 4.72 Å². The van der Waals surface area contributed by atoms with Crippen LogP contribution in [0.1, 0.15) is 25.3 Å². The van der Waals surface area contributed by atoms with E-state index in [1.165, 1.54) is 12.1 Å². The monoisotopic (exact) mass is 420 g/mol. The number of thiol groups is 1. The highest BCUT2D eigenvalue weighted by Crippen LogP contribution is 2.40. The number of hydrogen-bond donors (Lipinski definition) is 2. The first kappa shape index (κ1) is 21.2. The summed E-state index contributed by atoms with van der Waals surface area (Å²) in [6.07, 6.45) is 0.870. The van der Waals surface area contributed by atoms with Gasteiger partial charge in [-0.15, -0.1) is 17.5 Å². The van der Waals surface area contributed by atoms with E-state index in [1.54, 1.807) is 12.1 Å². The molecule has 0 aliphatic carbocycles. The molecule has 8 nitrogen and oxygen atoms in total. The second kappa shape index (κ2) is 9.18. The Labute approximate surface area is 162 Å². The van der Waals surface area contributed by atoms with Crippen molar-refractivity contribution in [1.82, 2.24) is 4.72 Å². The Morgan fingerprint density at radius 2 is 2.15 bits per heavy atom. The highest BCUT2D eigenvalue weighted by Gasteiger charge is 2.38. The zero-order valence-corrected chi connectivity index (χ0v) is 16.6. The molecule has 2 rings (SSSR count). The van der Waals surface area contributed by atoms with Gasteiger partial charge in [-0.1, -0.05) is 19.1 Å². The molecule has 0 aromatic heterocycles.